The Kier molecular flexibility index (Phi) is 2.36. The van der Waals surface area contributed by atoms with Crippen molar-refractivity contribution < 1.29 is 4.42 Å². The molecule has 2 aromatic rings. The zero-order chi connectivity index (χ0) is 9.10. The van der Waals surface area contributed by atoms with E-state index in [-0.39, 0.29) is 0 Å². The highest BCUT2D eigenvalue weighted by Crippen LogP contribution is 2.18. The molecular formula is C10H8BrNO. The van der Waals surface area contributed by atoms with Gasteiger partial charge in [-0.3, -0.25) is 0 Å². The summed E-state index contributed by atoms with van der Waals surface area (Å²) in [5.74, 6) is 0.752. The summed E-state index contributed by atoms with van der Waals surface area (Å²) in [4.78, 5) is 0. The molecule has 0 atom stereocenters. The Balaban J connectivity index is 2.15. The van der Waals surface area contributed by atoms with Gasteiger partial charge in [-0.2, -0.15) is 0 Å². The van der Waals surface area contributed by atoms with Crippen LogP contribution in [0.3, 0.4) is 0 Å². The van der Waals surface area contributed by atoms with Crippen molar-refractivity contribution >= 4 is 27.5 Å². The van der Waals surface area contributed by atoms with Gasteiger partial charge in [-0.05, 0) is 30.3 Å². The number of rotatable bonds is 2. The van der Waals surface area contributed by atoms with Crippen LogP contribution in [0.25, 0.3) is 0 Å². The van der Waals surface area contributed by atoms with Crippen molar-refractivity contribution in [3.63, 3.8) is 0 Å². The highest BCUT2D eigenvalue weighted by Gasteiger charge is 1.95. The number of anilines is 2. The van der Waals surface area contributed by atoms with Gasteiger partial charge in [0.05, 0.1) is 6.26 Å². The number of halogens is 1. The van der Waals surface area contributed by atoms with Crippen molar-refractivity contribution in [2.75, 3.05) is 5.32 Å². The molecule has 0 unspecified atom stereocenters. The molecule has 0 saturated heterocycles. The quantitative estimate of drug-likeness (QED) is 0.860. The van der Waals surface area contributed by atoms with E-state index in [0.29, 0.717) is 0 Å². The van der Waals surface area contributed by atoms with Crippen LogP contribution in [0.5, 0.6) is 0 Å². The van der Waals surface area contributed by atoms with E-state index in [1.165, 1.54) is 0 Å². The third-order valence-corrected chi connectivity index (χ3v) is 2.16. The Morgan fingerprint density at radius 3 is 2.46 bits per heavy atom. The fourth-order valence-electron chi connectivity index (χ4n) is 1.03. The first-order valence-electron chi connectivity index (χ1n) is 3.91. The molecule has 0 amide bonds. The SMILES string of the molecule is Brc1ccc(Nc2ccco2)cc1. The normalized spacial score (nSPS) is 9.92. The van der Waals surface area contributed by atoms with E-state index >= 15 is 0 Å². The number of furan rings is 1. The summed E-state index contributed by atoms with van der Waals surface area (Å²) in [5, 5.41) is 3.12. The summed E-state index contributed by atoms with van der Waals surface area (Å²) in [6, 6.07) is 11.6. The van der Waals surface area contributed by atoms with Crippen molar-refractivity contribution in [1.29, 1.82) is 0 Å². The number of nitrogens with one attached hydrogen (secondary N) is 1. The lowest BCUT2D eigenvalue weighted by Crippen LogP contribution is -1.86. The molecule has 2 rings (SSSR count). The van der Waals surface area contributed by atoms with Crippen molar-refractivity contribution in [3.05, 3.63) is 47.1 Å². The van der Waals surface area contributed by atoms with Gasteiger partial charge in [-0.1, -0.05) is 15.9 Å². The average molecular weight is 238 g/mol. The molecule has 1 aromatic carbocycles. The predicted octanol–water partition coefficient (Wildman–Crippen LogP) is 3.79. The molecule has 13 heavy (non-hydrogen) atoms. The molecule has 0 aliphatic heterocycles. The second-order valence-electron chi connectivity index (χ2n) is 2.61. The molecule has 0 saturated carbocycles. The van der Waals surface area contributed by atoms with Gasteiger partial charge in [0.25, 0.3) is 0 Å². The van der Waals surface area contributed by atoms with Crippen LogP contribution in [0.2, 0.25) is 0 Å². The molecule has 0 bridgehead atoms. The van der Waals surface area contributed by atoms with E-state index in [0.717, 1.165) is 16.0 Å². The Bertz CT molecular complexity index is 366. The zero-order valence-corrected chi connectivity index (χ0v) is 8.41. The van der Waals surface area contributed by atoms with Crippen LogP contribution in [0, 0.1) is 0 Å². The predicted molar refractivity (Wildman–Crippen MR) is 56.1 cm³/mol. The molecule has 1 aromatic heterocycles. The van der Waals surface area contributed by atoms with Gasteiger partial charge in [0, 0.05) is 16.2 Å². The van der Waals surface area contributed by atoms with Gasteiger partial charge in [-0.25, -0.2) is 0 Å². The molecule has 66 valence electrons. The maximum absolute atomic E-state index is 5.14. The average Bonchev–Trinajstić information content (AvgIpc) is 2.62. The van der Waals surface area contributed by atoms with Crippen molar-refractivity contribution in [1.82, 2.24) is 0 Å². The van der Waals surface area contributed by atoms with E-state index in [9.17, 15) is 0 Å². The highest BCUT2D eigenvalue weighted by molar-refractivity contribution is 9.10. The Morgan fingerprint density at radius 1 is 1.08 bits per heavy atom. The first kappa shape index (κ1) is 8.38. The van der Waals surface area contributed by atoms with Crippen molar-refractivity contribution in [2.45, 2.75) is 0 Å². The maximum Gasteiger partial charge on any atom is 0.196 e. The molecule has 2 nitrogen and oxygen atoms in total. The van der Waals surface area contributed by atoms with Crippen molar-refractivity contribution in [3.8, 4) is 0 Å². The number of hydrogen-bond donors (Lipinski definition) is 1. The van der Waals surface area contributed by atoms with E-state index in [1.54, 1.807) is 6.26 Å². The minimum atomic E-state index is 0.752. The van der Waals surface area contributed by atoms with Crippen LogP contribution < -0.4 is 5.32 Å². The fourth-order valence-corrected chi connectivity index (χ4v) is 1.29. The largest absolute Gasteiger partial charge is 0.449 e. The molecule has 1 heterocycles. The van der Waals surface area contributed by atoms with Gasteiger partial charge in [0.2, 0.25) is 0 Å². The van der Waals surface area contributed by atoms with Crippen LogP contribution in [-0.2, 0) is 0 Å². The van der Waals surface area contributed by atoms with Crippen LogP contribution >= 0.6 is 15.9 Å². The third-order valence-electron chi connectivity index (χ3n) is 1.63. The van der Waals surface area contributed by atoms with Crippen LogP contribution in [0.1, 0.15) is 0 Å². The number of benzene rings is 1. The second kappa shape index (κ2) is 3.66. The monoisotopic (exact) mass is 237 g/mol. The van der Waals surface area contributed by atoms with E-state index in [1.807, 2.05) is 36.4 Å². The summed E-state index contributed by atoms with van der Waals surface area (Å²) in [7, 11) is 0. The fraction of sp³-hybridized carbons (Fsp3) is 0. The zero-order valence-electron chi connectivity index (χ0n) is 6.83. The Morgan fingerprint density at radius 2 is 1.85 bits per heavy atom. The van der Waals surface area contributed by atoms with Gasteiger partial charge in [-0.15, -0.1) is 0 Å². The summed E-state index contributed by atoms with van der Waals surface area (Å²) in [5.41, 5.74) is 1.01. The Labute approximate surface area is 84.7 Å². The topological polar surface area (TPSA) is 25.2 Å². The molecule has 1 N–H and O–H groups in total. The van der Waals surface area contributed by atoms with Gasteiger partial charge in [0.1, 0.15) is 0 Å². The smallest absolute Gasteiger partial charge is 0.196 e. The lowest BCUT2D eigenvalue weighted by molar-refractivity contribution is 0.585. The van der Waals surface area contributed by atoms with E-state index < -0.39 is 0 Å². The van der Waals surface area contributed by atoms with Crippen LogP contribution in [0.15, 0.2) is 51.6 Å². The minimum Gasteiger partial charge on any atom is -0.449 e. The summed E-state index contributed by atoms with van der Waals surface area (Å²) in [6.45, 7) is 0. The van der Waals surface area contributed by atoms with Crippen LogP contribution in [-0.4, -0.2) is 0 Å². The molecule has 0 aliphatic rings. The van der Waals surface area contributed by atoms with Gasteiger partial charge in [0.15, 0.2) is 5.88 Å². The molecular weight excluding hydrogens is 230 g/mol. The van der Waals surface area contributed by atoms with Crippen molar-refractivity contribution in [2.24, 2.45) is 0 Å². The first-order chi connectivity index (χ1) is 6.34. The lowest BCUT2D eigenvalue weighted by atomic mass is 10.3. The first-order valence-corrected chi connectivity index (χ1v) is 4.70. The molecule has 0 fully saturated rings. The van der Waals surface area contributed by atoms with Gasteiger partial charge >= 0.3 is 0 Å². The standard InChI is InChI=1S/C10H8BrNO/c11-8-3-5-9(6-4-8)12-10-2-1-7-13-10/h1-7,12H. The summed E-state index contributed by atoms with van der Waals surface area (Å²) < 4.78 is 6.21. The molecule has 0 radical (unpaired) electrons. The third kappa shape index (κ3) is 2.12. The maximum atomic E-state index is 5.14. The van der Waals surface area contributed by atoms with Crippen LogP contribution in [0.4, 0.5) is 11.6 Å². The summed E-state index contributed by atoms with van der Waals surface area (Å²) >= 11 is 3.37. The van der Waals surface area contributed by atoms with Gasteiger partial charge < -0.3 is 9.73 Å². The molecule has 0 aliphatic carbocycles. The summed E-state index contributed by atoms with van der Waals surface area (Å²) in [6.07, 6.45) is 1.64. The van der Waals surface area contributed by atoms with E-state index in [4.69, 9.17) is 4.42 Å². The Hall–Kier alpha value is -1.22. The highest BCUT2D eigenvalue weighted by atomic mass is 79.9. The van der Waals surface area contributed by atoms with E-state index in [2.05, 4.69) is 21.2 Å². The lowest BCUT2D eigenvalue weighted by Gasteiger charge is -2.01. The molecule has 3 heteroatoms. The number of hydrogen-bond acceptors (Lipinski definition) is 2. The molecule has 0 spiro atoms. The minimum absolute atomic E-state index is 0.752. The second-order valence-corrected chi connectivity index (χ2v) is 3.52.